The number of fused-ring (bicyclic) bond motifs is 1. The molecule has 1 saturated heterocycles. The van der Waals surface area contributed by atoms with Gasteiger partial charge in [-0.2, -0.15) is 0 Å². The van der Waals surface area contributed by atoms with Gasteiger partial charge in [-0.3, -0.25) is 9.59 Å². The molecule has 0 atom stereocenters. The molecule has 0 unspecified atom stereocenters. The summed E-state index contributed by atoms with van der Waals surface area (Å²) in [5.74, 6) is 0.0745. The van der Waals surface area contributed by atoms with Crippen LogP contribution in [0.25, 0.3) is 10.9 Å². The highest BCUT2D eigenvalue weighted by molar-refractivity contribution is 6.31. The maximum Gasteiger partial charge on any atom is 0.270 e. The third kappa shape index (κ3) is 3.55. The standard InChI is InChI=1S/C21H20ClN3O2/c1-14(26)15-2-5-18(6-3-15)24-8-10-25(11-9-24)21(27)20-13-16-12-17(22)4-7-19(16)23-20/h2-7,12-13,23H,8-11H2,1H3. The highest BCUT2D eigenvalue weighted by atomic mass is 35.5. The molecule has 27 heavy (non-hydrogen) atoms. The van der Waals surface area contributed by atoms with Crippen molar-refractivity contribution in [2.24, 2.45) is 0 Å². The molecule has 1 fully saturated rings. The molecule has 2 heterocycles. The minimum Gasteiger partial charge on any atom is -0.368 e. The van der Waals surface area contributed by atoms with Gasteiger partial charge in [-0.1, -0.05) is 11.6 Å². The molecule has 1 N–H and O–H groups in total. The Morgan fingerprint density at radius 3 is 2.33 bits per heavy atom. The van der Waals surface area contributed by atoms with Crippen molar-refractivity contribution in [2.75, 3.05) is 31.1 Å². The lowest BCUT2D eigenvalue weighted by Crippen LogP contribution is -2.48. The topological polar surface area (TPSA) is 56.4 Å². The quantitative estimate of drug-likeness (QED) is 0.698. The fourth-order valence-corrected chi connectivity index (χ4v) is 3.64. The van der Waals surface area contributed by atoms with Gasteiger partial charge in [0.05, 0.1) is 0 Å². The Hall–Kier alpha value is -2.79. The van der Waals surface area contributed by atoms with Crippen LogP contribution in [-0.4, -0.2) is 47.8 Å². The second-order valence-corrected chi connectivity index (χ2v) is 7.23. The van der Waals surface area contributed by atoms with Crippen molar-refractivity contribution >= 4 is 39.9 Å². The number of Topliss-reactive ketones (excluding diaryl/α,β-unsaturated/α-hetero) is 1. The normalized spacial score (nSPS) is 14.6. The molecule has 1 amide bonds. The lowest BCUT2D eigenvalue weighted by Gasteiger charge is -2.36. The van der Waals surface area contributed by atoms with Gasteiger partial charge in [0, 0.05) is 53.4 Å². The third-order valence-corrected chi connectivity index (χ3v) is 5.25. The predicted molar refractivity (Wildman–Crippen MR) is 108 cm³/mol. The summed E-state index contributed by atoms with van der Waals surface area (Å²) in [6.07, 6.45) is 0. The molecule has 2 aromatic carbocycles. The van der Waals surface area contributed by atoms with Crippen molar-refractivity contribution in [1.82, 2.24) is 9.88 Å². The Morgan fingerprint density at radius 1 is 0.963 bits per heavy atom. The van der Waals surface area contributed by atoms with Crippen LogP contribution in [0, 0.1) is 0 Å². The fourth-order valence-electron chi connectivity index (χ4n) is 3.46. The summed E-state index contributed by atoms with van der Waals surface area (Å²) in [6, 6.07) is 15.0. The summed E-state index contributed by atoms with van der Waals surface area (Å²) < 4.78 is 0. The number of halogens is 1. The number of aromatic amines is 1. The summed E-state index contributed by atoms with van der Waals surface area (Å²) in [5, 5.41) is 1.60. The van der Waals surface area contributed by atoms with Gasteiger partial charge in [-0.15, -0.1) is 0 Å². The van der Waals surface area contributed by atoms with E-state index >= 15 is 0 Å². The molecule has 0 aliphatic carbocycles. The molecule has 1 aliphatic heterocycles. The van der Waals surface area contributed by atoms with Gasteiger partial charge in [-0.05, 0) is 55.5 Å². The van der Waals surface area contributed by atoms with E-state index in [-0.39, 0.29) is 11.7 Å². The molecular formula is C21H20ClN3O2. The third-order valence-electron chi connectivity index (χ3n) is 5.02. The van der Waals surface area contributed by atoms with Gasteiger partial charge in [-0.25, -0.2) is 0 Å². The maximum atomic E-state index is 12.8. The number of benzene rings is 2. The number of carbonyl (C=O) groups excluding carboxylic acids is 2. The van der Waals surface area contributed by atoms with Crippen LogP contribution in [0.5, 0.6) is 0 Å². The molecule has 0 radical (unpaired) electrons. The number of carbonyl (C=O) groups is 2. The lowest BCUT2D eigenvalue weighted by atomic mass is 10.1. The average Bonchev–Trinajstić information content (AvgIpc) is 3.11. The first-order chi connectivity index (χ1) is 13.0. The highest BCUT2D eigenvalue weighted by Crippen LogP contribution is 2.22. The number of nitrogens with zero attached hydrogens (tertiary/aromatic N) is 2. The number of H-pyrrole nitrogens is 1. The first-order valence-corrected chi connectivity index (χ1v) is 9.32. The van der Waals surface area contributed by atoms with Gasteiger partial charge >= 0.3 is 0 Å². The first-order valence-electron chi connectivity index (χ1n) is 8.95. The molecule has 1 aromatic heterocycles. The Morgan fingerprint density at radius 2 is 1.67 bits per heavy atom. The zero-order chi connectivity index (χ0) is 19.0. The number of ketones is 1. The van der Waals surface area contributed by atoms with E-state index in [1.165, 1.54) is 0 Å². The molecule has 4 rings (SSSR count). The number of rotatable bonds is 3. The van der Waals surface area contributed by atoms with Gasteiger partial charge in [0.2, 0.25) is 0 Å². The van der Waals surface area contributed by atoms with Gasteiger partial charge < -0.3 is 14.8 Å². The molecule has 0 bridgehead atoms. The molecule has 1 aliphatic rings. The summed E-state index contributed by atoms with van der Waals surface area (Å²) in [5.41, 5.74) is 3.29. The second-order valence-electron chi connectivity index (χ2n) is 6.80. The zero-order valence-electron chi connectivity index (χ0n) is 15.0. The van der Waals surface area contributed by atoms with Crippen molar-refractivity contribution < 1.29 is 9.59 Å². The largest absolute Gasteiger partial charge is 0.368 e. The Balaban J connectivity index is 1.43. The smallest absolute Gasteiger partial charge is 0.270 e. The Kier molecular flexibility index (Phi) is 4.62. The van der Waals surface area contributed by atoms with Crippen LogP contribution in [0.4, 0.5) is 5.69 Å². The molecule has 6 heteroatoms. The van der Waals surface area contributed by atoms with Crippen LogP contribution >= 0.6 is 11.6 Å². The molecular weight excluding hydrogens is 362 g/mol. The van der Waals surface area contributed by atoms with E-state index in [0.29, 0.717) is 29.4 Å². The van der Waals surface area contributed by atoms with Crippen molar-refractivity contribution in [3.05, 3.63) is 64.8 Å². The van der Waals surface area contributed by atoms with E-state index in [2.05, 4.69) is 9.88 Å². The van der Waals surface area contributed by atoms with Crippen molar-refractivity contribution in [2.45, 2.75) is 6.92 Å². The van der Waals surface area contributed by atoms with Crippen molar-refractivity contribution in [3.63, 3.8) is 0 Å². The van der Waals surface area contributed by atoms with Gasteiger partial charge in [0.25, 0.3) is 5.91 Å². The van der Waals surface area contributed by atoms with E-state index in [1.54, 1.807) is 6.92 Å². The van der Waals surface area contributed by atoms with Crippen LogP contribution < -0.4 is 4.90 Å². The van der Waals surface area contributed by atoms with Crippen LogP contribution in [0.2, 0.25) is 5.02 Å². The number of hydrogen-bond acceptors (Lipinski definition) is 3. The SMILES string of the molecule is CC(=O)c1ccc(N2CCN(C(=O)c3cc4cc(Cl)ccc4[nH]3)CC2)cc1. The number of hydrogen-bond donors (Lipinski definition) is 1. The van der Waals surface area contributed by atoms with Crippen molar-refractivity contribution in [3.8, 4) is 0 Å². The number of nitrogens with one attached hydrogen (secondary N) is 1. The maximum absolute atomic E-state index is 12.8. The van der Waals surface area contributed by atoms with Crippen LogP contribution in [0.1, 0.15) is 27.8 Å². The minimum absolute atomic E-state index is 0.00824. The molecule has 0 spiro atoms. The van der Waals surface area contributed by atoms with Gasteiger partial charge in [0.1, 0.15) is 5.69 Å². The van der Waals surface area contributed by atoms with E-state index < -0.39 is 0 Å². The number of aromatic nitrogens is 1. The summed E-state index contributed by atoms with van der Waals surface area (Å²) >= 11 is 6.02. The monoisotopic (exact) mass is 381 g/mol. The number of piperazine rings is 1. The molecule has 0 saturated carbocycles. The Bertz CT molecular complexity index is 1000. The van der Waals surface area contributed by atoms with Crippen LogP contribution in [0.15, 0.2) is 48.5 Å². The number of amides is 1. The first kappa shape index (κ1) is 17.6. The Labute approximate surface area is 162 Å². The second kappa shape index (κ2) is 7.08. The summed E-state index contributed by atoms with van der Waals surface area (Å²) in [7, 11) is 0. The highest BCUT2D eigenvalue weighted by Gasteiger charge is 2.23. The van der Waals surface area contributed by atoms with E-state index in [0.717, 1.165) is 29.7 Å². The van der Waals surface area contributed by atoms with E-state index in [1.807, 2.05) is 53.4 Å². The summed E-state index contributed by atoms with van der Waals surface area (Å²) in [4.78, 5) is 31.5. The lowest BCUT2D eigenvalue weighted by molar-refractivity contribution is 0.0741. The van der Waals surface area contributed by atoms with Crippen LogP contribution in [0.3, 0.4) is 0 Å². The molecule has 5 nitrogen and oxygen atoms in total. The van der Waals surface area contributed by atoms with Crippen LogP contribution in [-0.2, 0) is 0 Å². The van der Waals surface area contributed by atoms with E-state index in [9.17, 15) is 9.59 Å². The molecule has 138 valence electrons. The average molecular weight is 382 g/mol. The molecule has 3 aromatic rings. The minimum atomic E-state index is 0.00824. The zero-order valence-corrected chi connectivity index (χ0v) is 15.8. The van der Waals surface area contributed by atoms with Gasteiger partial charge in [0.15, 0.2) is 5.78 Å². The summed E-state index contributed by atoms with van der Waals surface area (Å²) in [6.45, 7) is 4.40. The van der Waals surface area contributed by atoms with Crippen molar-refractivity contribution in [1.29, 1.82) is 0 Å². The fraction of sp³-hybridized carbons (Fsp3) is 0.238. The number of anilines is 1. The van der Waals surface area contributed by atoms with E-state index in [4.69, 9.17) is 11.6 Å². The predicted octanol–water partition coefficient (Wildman–Crippen LogP) is 3.99.